The van der Waals surface area contributed by atoms with Gasteiger partial charge in [-0.05, 0) is 36.8 Å². The number of aldehydes is 1. The highest BCUT2D eigenvalue weighted by molar-refractivity contribution is 5.87. The molecule has 2 aromatic rings. The molecule has 0 amide bonds. The molecule has 0 fully saturated rings. The van der Waals surface area contributed by atoms with E-state index in [9.17, 15) is 14.9 Å². The van der Waals surface area contributed by atoms with Gasteiger partial charge < -0.3 is 19.4 Å². The summed E-state index contributed by atoms with van der Waals surface area (Å²) in [5.41, 5.74) is 1.11. The minimum atomic E-state index is -1.03. The molecule has 6 nitrogen and oxygen atoms in total. The number of aromatic carboxylic acids is 1. The monoisotopic (exact) mass is 323 g/mol. The van der Waals surface area contributed by atoms with Crippen LogP contribution in [0.5, 0.6) is 17.2 Å². The summed E-state index contributed by atoms with van der Waals surface area (Å²) in [6.45, 7) is 0.426. The van der Waals surface area contributed by atoms with Gasteiger partial charge in [0.15, 0.2) is 0 Å². The maximum atomic E-state index is 11.2. The van der Waals surface area contributed by atoms with Crippen LogP contribution in [0.15, 0.2) is 36.4 Å². The number of fused-ring (bicyclic) bond motifs is 1. The highest BCUT2D eigenvalue weighted by Crippen LogP contribution is 2.38. The Bertz CT molecular complexity index is 836. The fraction of sp³-hybridized carbons (Fsp3) is 0.167. The molecule has 0 spiro atoms. The second kappa shape index (κ2) is 6.42. The Labute approximate surface area is 137 Å². The van der Waals surface area contributed by atoms with E-state index in [0.29, 0.717) is 35.8 Å². The van der Waals surface area contributed by atoms with Gasteiger partial charge in [-0.25, -0.2) is 4.79 Å². The Kier molecular flexibility index (Phi) is 4.17. The van der Waals surface area contributed by atoms with Gasteiger partial charge in [-0.15, -0.1) is 0 Å². The first-order valence-corrected chi connectivity index (χ1v) is 7.29. The van der Waals surface area contributed by atoms with Crippen molar-refractivity contribution in [3.05, 3.63) is 53.1 Å². The van der Waals surface area contributed by atoms with Crippen molar-refractivity contribution in [2.24, 2.45) is 0 Å². The van der Waals surface area contributed by atoms with Crippen molar-refractivity contribution >= 4 is 12.3 Å². The standard InChI is InChI=1S/C18H13NO5/c19-9-13-7-15-12(10-20)5-6-23-17(15)8-16(13)24-14-3-1-11(2-4-14)18(21)22/h1-4,7-8,10,12H,5-6H2,(H,21,22). The van der Waals surface area contributed by atoms with Crippen LogP contribution >= 0.6 is 0 Å². The summed E-state index contributed by atoms with van der Waals surface area (Å²) < 4.78 is 11.2. The number of ether oxygens (including phenoxy) is 2. The first-order valence-electron chi connectivity index (χ1n) is 7.29. The van der Waals surface area contributed by atoms with Crippen LogP contribution in [0, 0.1) is 11.3 Å². The Morgan fingerprint density at radius 3 is 2.71 bits per heavy atom. The third-order valence-electron chi connectivity index (χ3n) is 3.81. The minimum absolute atomic E-state index is 0.144. The normalized spacial score (nSPS) is 15.5. The van der Waals surface area contributed by atoms with E-state index in [0.717, 1.165) is 6.29 Å². The van der Waals surface area contributed by atoms with Crippen molar-refractivity contribution in [1.82, 2.24) is 0 Å². The van der Waals surface area contributed by atoms with Crippen molar-refractivity contribution < 1.29 is 24.2 Å². The van der Waals surface area contributed by atoms with Crippen molar-refractivity contribution in [3.8, 4) is 23.3 Å². The van der Waals surface area contributed by atoms with E-state index in [2.05, 4.69) is 0 Å². The predicted molar refractivity (Wildman–Crippen MR) is 83.5 cm³/mol. The van der Waals surface area contributed by atoms with Crippen LogP contribution in [0.3, 0.4) is 0 Å². The molecular weight excluding hydrogens is 310 g/mol. The average molecular weight is 323 g/mol. The summed E-state index contributed by atoms with van der Waals surface area (Å²) in [6, 6.07) is 11.1. The predicted octanol–water partition coefficient (Wildman–Crippen LogP) is 3.11. The first-order chi connectivity index (χ1) is 11.6. The van der Waals surface area contributed by atoms with Crippen LogP contribution in [0.25, 0.3) is 0 Å². The number of rotatable bonds is 4. The van der Waals surface area contributed by atoms with Crippen molar-refractivity contribution in [2.45, 2.75) is 12.3 Å². The average Bonchev–Trinajstić information content (AvgIpc) is 2.61. The van der Waals surface area contributed by atoms with E-state index >= 15 is 0 Å². The van der Waals surface area contributed by atoms with Gasteiger partial charge in [-0.1, -0.05) is 0 Å². The molecule has 0 saturated carbocycles. The lowest BCUT2D eigenvalue weighted by Crippen LogP contribution is -2.15. The lowest BCUT2D eigenvalue weighted by molar-refractivity contribution is -0.109. The van der Waals surface area contributed by atoms with E-state index < -0.39 is 5.97 Å². The fourth-order valence-corrected chi connectivity index (χ4v) is 2.55. The van der Waals surface area contributed by atoms with Crippen LogP contribution in [0.4, 0.5) is 0 Å². The van der Waals surface area contributed by atoms with Gasteiger partial charge in [-0.2, -0.15) is 5.26 Å². The number of nitrogens with zero attached hydrogens (tertiary/aromatic N) is 1. The van der Waals surface area contributed by atoms with E-state index in [1.54, 1.807) is 12.1 Å². The zero-order valence-corrected chi connectivity index (χ0v) is 12.6. The SMILES string of the molecule is N#Cc1cc2c(cc1Oc1ccc(C(=O)O)cc1)OCCC2C=O. The third-order valence-corrected chi connectivity index (χ3v) is 3.81. The molecule has 0 radical (unpaired) electrons. The molecule has 1 atom stereocenters. The molecule has 24 heavy (non-hydrogen) atoms. The van der Waals surface area contributed by atoms with Gasteiger partial charge in [0.1, 0.15) is 29.6 Å². The second-order valence-corrected chi connectivity index (χ2v) is 5.31. The van der Waals surface area contributed by atoms with Crippen LogP contribution in [0.2, 0.25) is 0 Å². The number of benzene rings is 2. The number of carbonyl (C=O) groups excluding carboxylic acids is 1. The van der Waals surface area contributed by atoms with Crippen molar-refractivity contribution in [2.75, 3.05) is 6.61 Å². The van der Waals surface area contributed by atoms with Gasteiger partial charge in [0.05, 0.1) is 17.7 Å². The van der Waals surface area contributed by atoms with E-state index in [4.69, 9.17) is 14.6 Å². The maximum Gasteiger partial charge on any atom is 0.335 e. The summed E-state index contributed by atoms with van der Waals surface area (Å²) in [5, 5.41) is 18.2. The summed E-state index contributed by atoms with van der Waals surface area (Å²) in [6.07, 6.45) is 1.44. The quantitative estimate of drug-likeness (QED) is 0.868. The number of carboxylic acid groups (broad SMARTS) is 1. The van der Waals surface area contributed by atoms with E-state index in [-0.39, 0.29) is 17.0 Å². The number of hydrogen-bond acceptors (Lipinski definition) is 5. The van der Waals surface area contributed by atoms with Crippen LogP contribution in [0.1, 0.15) is 33.8 Å². The Morgan fingerprint density at radius 1 is 1.33 bits per heavy atom. The maximum absolute atomic E-state index is 11.2. The zero-order chi connectivity index (χ0) is 17.1. The highest BCUT2D eigenvalue weighted by Gasteiger charge is 2.23. The third kappa shape index (κ3) is 2.92. The number of hydrogen-bond donors (Lipinski definition) is 1. The molecule has 1 heterocycles. The molecule has 1 N–H and O–H groups in total. The second-order valence-electron chi connectivity index (χ2n) is 5.31. The largest absolute Gasteiger partial charge is 0.493 e. The summed E-state index contributed by atoms with van der Waals surface area (Å²) in [7, 11) is 0. The molecule has 3 rings (SSSR count). The van der Waals surface area contributed by atoms with Crippen LogP contribution < -0.4 is 9.47 Å². The number of carboxylic acids is 1. The van der Waals surface area contributed by atoms with Gasteiger partial charge in [-0.3, -0.25) is 0 Å². The van der Waals surface area contributed by atoms with Crippen molar-refractivity contribution in [1.29, 1.82) is 5.26 Å². The molecule has 1 unspecified atom stereocenters. The molecule has 2 aromatic carbocycles. The molecule has 1 aliphatic heterocycles. The molecule has 0 saturated heterocycles. The topological polar surface area (TPSA) is 96.6 Å². The molecule has 6 heteroatoms. The summed E-state index contributed by atoms with van der Waals surface area (Å²) in [4.78, 5) is 22.0. The summed E-state index contributed by atoms with van der Waals surface area (Å²) >= 11 is 0. The van der Waals surface area contributed by atoms with Gasteiger partial charge in [0.2, 0.25) is 0 Å². The Balaban J connectivity index is 1.94. The molecule has 120 valence electrons. The van der Waals surface area contributed by atoms with E-state index in [1.165, 1.54) is 24.3 Å². The Hall–Kier alpha value is -3.33. The van der Waals surface area contributed by atoms with Gasteiger partial charge >= 0.3 is 5.97 Å². The first kappa shape index (κ1) is 15.6. The van der Waals surface area contributed by atoms with Crippen LogP contribution in [-0.4, -0.2) is 24.0 Å². The smallest absolute Gasteiger partial charge is 0.335 e. The van der Waals surface area contributed by atoms with Crippen LogP contribution in [-0.2, 0) is 4.79 Å². The van der Waals surface area contributed by atoms with E-state index in [1.807, 2.05) is 6.07 Å². The molecule has 0 aromatic heterocycles. The number of carbonyl (C=O) groups is 2. The molecule has 0 aliphatic carbocycles. The zero-order valence-electron chi connectivity index (χ0n) is 12.6. The lowest BCUT2D eigenvalue weighted by Gasteiger charge is -2.23. The molecular formula is C18H13NO5. The summed E-state index contributed by atoms with van der Waals surface area (Å²) in [5.74, 6) is -0.0920. The van der Waals surface area contributed by atoms with Gasteiger partial charge in [0, 0.05) is 17.5 Å². The Morgan fingerprint density at radius 2 is 2.08 bits per heavy atom. The number of nitriles is 1. The highest BCUT2D eigenvalue weighted by atomic mass is 16.5. The minimum Gasteiger partial charge on any atom is -0.493 e. The lowest BCUT2D eigenvalue weighted by atomic mass is 9.93. The molecule has 1 aliphatic rings. The van der Waals surface area contributed by atoms with Gasteiger partial charge in [0.25, 0.3) is 0 Å². The fourth-order valence-electron chi connectivity index (χ4n) is 2.55. The van der Waals surface area contributed by atoms with Crippen molar-refractivity contribution in [3.63, 3.8) is 0 Å². The molecule has 0 bridgehead atoms.